The average molecular weight is 261 g/mol. The van der Waals surface area contributed by atoms with E-state index < -0.39 is 0 Å². The van der Waals surface area contributed by atoms with E-state index in [0.717, 1.165) is 23.0 Å². The van der Waals surface area contributed by atoms with E-state index in [1.807, 2.05) is 26.0 Å². The first kappa shape index (κ1) is 13.5. The molecule has 5 heteroatoms. The van der Waals surface area contributed by atoms with Gasteiger partial charge < -0.3 is 15.0 Å². The summed E-state index contributed by atoms with van der Waals surface area (Å²) in [7, 11) is 0. The van der Waals surface area contributed by atoms with Crippen LogP contribution in [0.2, 0.25) is 0 Å². The molecule has 0 aromatic carbocycles. The summed E-state index contributed by atoms with van der Waals surface area (Å²) in [6.45, 7) is 4.17. The lowest BCUT2D eigenvalue weighted by Crippen LogP contribution is -2.34. The predicted octanol–water partition coefficient (Wildman–Crippen LogP) is 1.44. The summed E-state index contributed by atoms with van der Waals surface area (Å²) in [5.41, 5.74) is 1.52. The molecule has 102 valence electrons. The van der Waals surface area contributed by atoms with E-state index in [4.69, 9.17) is 0 Å². The van der Waals surface area contributed by atoms with Crippen molar-refractivity contribution in [3.8, 4) is 0 Å². The molecule has 2 aromatic rings. The molecule has 2 heterocycles. The third-order valence-electron chi connectivity index (χ3n) is 3.22. The Morgan fingerprint density at radius 3 is 3.05 bits per heavy atom. The SMILES string of the molecule is CCC(C)NC(=O)Cn1cc(CO)c2cccnc21. The number of hydrogen-bond acceptors (Lipinski definition) is 3. The van der Waals surface area contributed by atoms with Crippen molar-refractivity contribution in [2.24, 2.45) is 0 Å². The molecule has 0 aliphatic heterocycles. The maximum absolute atomic E-state index is 11.9. The molecule has 2 aromatic heterocycles. The van der Waals surface area contributed by atoms with Crippen LogP contribution in [0, 0.1) is 0 Å². The molecular weight excluding hydrogens is 242 g/mol. The number of nitrogens with zero attached hydrogens (tertiary/aromatic N) is 2. The fraction of sp³-hybridized carbons (Fsp3) is 0.429. The van der Waals surface area contributed by atoms with Crippen LogP contribution in [0.5, 0.6) is 0 Å². The van der Waals surface area contributed by atoms with Gasteiger partial charge in [0.1, 0.15) is 12.2 Å². The van der Waals surface area contributed by atoms with E-state index in [2.05, 4.69) is 10.3 Å². The summed E-state index contributed by atoms with van der Waals surface area (Å²) < 4.78 is 1.78. The minimum Gasteiger partial charge on any atom is -0.392 e. The highest BCUT2D eigenvalue weighted by Crippen LogP contribution is 2.19. The van der Waals surface area contributed by atoms with Gasteiger partial charge in [0.05, 0.1) is 6.61 Å². The van der Waals surface area contributed by atoms with E-state index in [9.17, 15) is 9.90 Å². The van der Waals surface area contributed by atoms with Gasteiger partial charge >= 0.3 is 0 Å². The quantitative estimate of drug-likeness (QED) is 0.856. The standard InChI is InChI=1S/C14H19N3O2/c1-3-10(2)16-13(19)8-17-7-11(9-18)12-5-4-6-15-14(12)17/h4-7,10,18H,3,8-9H2,1-2H3,(H,16,19). The van der Waals surface area contributed by atoms with Gasteiger partial charge in [0.15, 0.2) is 0 Å². The van der Waals surface area contributed by atoms with Crippen LogP contribution in [0.15, 0.2) is 24.5 Å². The zero-order chi connectivity index (χ0) is 13.8. The Hall–Kier alpha value is -1.88. The zero-order valence-corrected chi connectivity index (χ0v) is 11.3. The minimum absolute atomic E-state index is 0.0404. The normalized spacial score (nSPS) is 12.6. The van der Waals surface area contributed by atoms with Crippen molar-refractivity contribution in [1.29, 1.82) is 0 Å². The van der Waals surface area contributed by atoms with Crippen LogP contribution in [0.3, 0.4) is 0 Å². The maximum Gasteiger partial charge on any atom is 0.240 e. The maximum atomic E-state index is 11.9. The number of aliphatic hydroxyl groups is 1. The molecule has 0 bridgehead atoms. The largest absolute Gasteiger partial charge is 0.392 e. The lowest BCUT2D eigenvalue weighted by atomic mass is 10.2. The summed E-state index contributed by atoms with van der Waals surface area (Å²) >= 11 is 0. The van der Waals surface area contributed by atoms with Crippen LogP contribution in [-0.2, 0) is 17.9 Å². The van der Waals surface area contributed by atoms with Gasteiger partial charge in [-0.25, -0.2) is 4.98 Å². The first-order valence-corrected chi connectivity index (χ1v) is 6.48. The molecular formula is C14H19N3O2. The fourth-order valence-corrected chi connectivity index (χ4v) is 2.02. The number of aliphatic hydroxyl groups excluding tert-OH is 1. The first-order chi connectivity index (χ1) is 9.15. The Morgan fingerprint density at radius 1 is 1.58 bits per heavy atom. The van der Waals surface area contributed by atoms with Gasteiger partial charge in [0, 0.05) is 29.4 Å². The van der Waals surface area contributed by atoms with Gasteiger partial charge in [-0.05, 0) is 25.5 Å². The van der Waals surface area contributed by atoms with Gasteiger partial charge in [-0.2, -0.15) is 0 Å². The highest BCUT2D eigenvalue weighted by Gasteiger charge is 2.12. The van der Waals surface area contributed by atoms with Crippen LogP contribution in [-0.4, -0.2) is 26.6 Å². The van der Waals surface area contributed by atoms with Crippen molar-refractivity contribution in [2.45, 2.75) is 39.5 Å². The van der Waals surface area contributed by atoms with E-state index in [0.29, 0.717) is 0 Å². The van der Waals surface area contributed by atoms with Crippen molar-refractivity contribution in [3.63, 3.8) is 0 Å². The number of carbonyl (C=O) groups excluding carboxylic acids is 1. The molecule has 1 unspecified atom stereocenters. The summed E-state index contributed by atoms with van der Waals surface area (Å²) in [5, 5.41) is 13.1. The van der Waals surface area contributed by atoms with Crippen LogP contribution < -0.4 is 5.32 Å². The molecule has 0 fully saturated rings. The molecule has 1 amide bonds. The van der Waals surface area contributed by atoms with Gasteiger partial charge in [0.2, 0.25) is 5.91 Å². The molecule has 2 rings (SSSR count). The summed E-state index contributed by atoms with van der Waals surface area (Å²) in [5.74, 6) is -0.0404. The van der Waals surface area contributed by atoms with E-state index in [-0.39, 0.29) is 25.1 Å². The van der Waals surface area contributed by atoms with Gasteiger partial charge in [0.25, 0.3) is 0 Å². The highest BCUT2D eigenvalue weighted by molar-refractivity contribution is 5.83. The van der Waals surface area contributed by atoms with Crippen LogP contribution in [0.25, 0.3) is 11.0 Å². The molecule has 0 aliphatic carbocycles. The molecule has 5 nitrogen and oxygen atoms in total. The molecule has 1 atom stereocenters. The number of nitrogens with one attached hydrogen (secondary N) is 1. The second kappa shape index (κ2) is 5.84. The number of pyridine rings is 1. The van der Waals surface area contributed by atoms with Crippen molar-refractivity contribution < 1.29 is 9.90 Å². The first-order valence-electron chi connectivity index (χ1n) is 6.48. The Bertz CT molecular complexity index is 577. The smallest absolute Gasteiger partial charge is 0.240 e. The number of amides is 1. The fourth-order valence-electron chi connectivity index (χ4n) is 2.02. The Balaban J connectivity index is 2.23. The van der Waals surface area contributed by atoms with Gasteiger partial charge in [-0.15, -0.1) is 0 Å². The summed E-state index contributed by atoms with van der Waals surface area (Å²) in [6, 6.07) is 3.89. The predicted molar refractivity (Wildman–Crippen MR) is 73.6 cm³/mol. The lowest BCUT2D eigenvalue weighted by molar-refractivity contribution is -0.122. The Labute approximate surface area is 112 Å². The third kappa shape index (κ3) is 2.93. The number of fused-ring (bicyclic) bond motifs is 1. The van der Waals surface area contributed by atoms with E-state index >= 15 is 0 Å². The van der Waals surface area contributed by atoms with Gasteiger partial charge in [-0.1, -0.05) is 6.92 Å². The van der Waals surface area contributed by atoms with Crippen molar-refractivity contribution in [1.82, 2.24) is 14.9 Å². The highest BCUT2D eigenvalue weighted by atomic mass is 16.3. The Kier molecular flexibility index (Phi) is 4.16. The molecule has 0 aliphatic rings. The second-order valence-electron chi connectivity index (χ2n) is 4.69. The molecule has 0 spiro atoms. The van der Waals surface area contributed by atoms with Crippen LogP contribution in [0.1, 0.15) is 25.8 Å². The molecule has 0 saturated heterocycles. The summed E-state index contributed by atoms with van der Waals surface area (Å²) in [6.07, 6.45) is 4.37. The minimum atomic E-state index is -0.0534. The monoisotopic (exact) mass is 261 g/mol. The van der Waals surface area contributed by atoms with Crippen molar-refractivity contribution >= 4 is 16.9 Å². The third-order valence-corrected chi connectivity index (χ3v) is 3.22. The van der Waals surface area contributed by atoms with Crippen molar-refractivity contribution in [3.05, 3.63) is 30.1 Å². The van der Waals surface area contributed by atoms with Crippen molar-refractivity contribution in [2.75, 3.05) is 0 Å². The molecule has 0 saturated carbocycles. The average Bonchev–Trinajstić information content (AvgIpc) is 2.77. The number of rotatable bonds is 5. The van der Waals surface area contributed by atoms with Crippen LogP contribution >= 0.6 is 0 Å². The number of aromatic nitrogens is 2. The molecule has 0 radical (unpaired) electrons. The van der Waals surface area contributed by atoms with E-state index in [1.165, 1.54) is 0 Å². The zero-order valence-electron chi connectivity index (χ0n) is 11.3. The lowest BCUT2D eigenvalue weighted by Gasteiger charge is -2.11. The number of hydrogen-bond donors (Lipinski definition) is 2. The summed E-state index contributed by atoms with van der Waals surface area (Å²) in [4.78, 5) is 16.2. The van der Waals surface area contributed by atoms with Crippen LogP contribution in [0.4, 0.5) is 0 Å². The second-order valence-corrected chi connectivity index (χ2v) is 4.69. The number of carbonyl (C=O) groups is 1. The molecule has 2 N–H and O–H groups in total. The molecule has 19 heavy (non-hydrogen) atoms. The topological polar surface area (TPSA) is 67.2 Å². The van der Waals surface area contributed by atoms with Gasteiger partial charge in [-0.3, -0.25) is 4.79 Å². The Morgan fingerprint density at radius 2 is 2.37 bits per heavy atom. The van der Waals surface area contributed by atoms with E-state index in [1.54, 1.807) is 17.0 Å².